The van der Waals surface area contributed by atoms with Gasteiger partial charge in [0.05, 0.1) is 0 Å². The van der Waals surface area contributed by atoms with Crippen molar-refractivity contribution in [2.45, 2.75) is 26.2 Å². The molecule has 0 spiro atoms. The fourth-order valence-electron chi connectivity index (χ4n) is 0.436. The maximum atomic E-state index is 9.44. The molecule has 0 heterocycles. The topological polar surface area (TPSA) is 174 Å². The lowest BCUT2D eigenvalue weighted by molar-refractivity contribution is 0.284. The minimum absolute atomic E-state index is 0. The van der Waals surface area contributed by atoms with Crippen LogP contribution in [0.5, 0.6) is 0 Å². The average Bonchev–Trinajstić information content (AvgIpc) is 1.99. The molecule has 0 radical (unpaired) electrons. The maximum absolute atomic E-state index is 9.44. The van der Waals surface area contributed by atoms with Gasteiger partial charge in [0.2, 0.25) is 0 Å². The molecule has 2 unspecified atom stereocenters. The third kappa shape index (κ3) is 40.7. The van der Waals surface area contributed by atoms with E-state index >= 15 is 0 Å². The number of unbranched alkanes of at least 4 members (excludes halogenated alkanes) is 2. The first-order chi connectivity index (χ1) is 6.04. The Labute approximate surface area is 90.7 Å². The summed E-state index contributed by atoms with van der Waals surface area (Å²) >= 11 is 0. The molecule has 0 rings (SSSR count). The molecule has 0 aromatic heterocycles. The monoisotopic (exact) mass is 268 g/mol. The number of rotatable bonds is 5. The second-order valence-electron chi connectivity index (χ2n) is 2.06. The Kier molecular flexibility index (Phi) is 32.2. The smallest absolute Gasteiger partial charge is 0.323 e. The number of hydrogen-bond donors (Lipinski definition) is 5. The predicted molar refractivity (Wildman–Crippen MR) is 60.2 cm³/mol. The molecule has 0 aromatic carbocycles. The average molecular weight is 268 g/mol. The summed E-state index contributed by atoms with van der Waals surface area (Å²) in [6, 6.07) is 0. The summed E-state index contributed by atoms with van der Waals surface area (Å²) in [6.45, 7) is 2.48. The number of aliphatic hydroxyl groups excluding tert-OH is 1. The van der Waals surface area contributed by atoms with Gasteiger partial charge in [0, 0.05) is 6.61 Å². The molecule has 8 nitrogen and oxygen atoms in total. The second-order valence-corrected chi connectivity index (χ2v) is 3.94. The van der Waals surface area contributed by atoms with E-state index in [1.54, 1.807) is 0 Å². The van der Waals surface area contributed by atoms with Crippen LogP contribution in [-0.2, 0) is 13.4 Å². The van der Waals surface area contributed by atoms with Crippen LogP contribution < -0.4 is 12.3 Å². The molecule has 0 amide bonds. The summed E-state index contributed by atoms with van der Waals surface area (Å²) in [5, 5.41) is 8.20. The van der Waals surface area contributed by atoms with Crippen molar-refractivity contribution in [3.05, 3.63) is 0 Å². The van der Waals surface area contributed by atoms with Gasteiger partial charge < -0.3 is 27.2 Å². The summed E-state index contributed by atoms with van der Waals surface area (Å²) in [7, 11) is -6.40. The second kappa shape index (κ2) is 19.7. The van der Waals surface area contributed by atoms with Gasteiger partial charge in [0.1, 0.15) is 0 Å². The Hall–Kier alpha value is 0.220. The van der Waals surface area contributed by atoms with E-state index in [2.05, 4.69) is 11.2 Å². The molecule has 0 bridgehead atoms. The van der Waals surface area contributed by atoms with Crippen LogP contribution in [0.15, 0.2) is 0 Å². The number of aliphatic hydroxyl groups is 1. The Balaban J connectivity index is -0.0000000718. The zero-order valence-electron chi connectivity index (χ0n) is 8.81. The van der Waals surface area contributed by atoms with E-state index in [4.69, 9.17) is 14.9 Å². The van der Waals surface area contributed by atoms with E-state index in [0.29, 0.717) is 6.61 Å². The zero-order valence-corrected chi connectivity index (χ0v) is 10.8. The third-order valence-corrected chi connectivity index (χ3v) is 2.33. The maximum Gasteiger partial charge on any atom is 0.323 e. The molecule has 0 fully saturated rings. The van der Waals surface area contributed by atoms with Crippen molar-refractivity contribution in [1.82, 2.24) is 12.3 Å². The minimum atomic E-state index is -3.20. The van der Waals surface area contributed by atoms with Crippen molar-refractivity contribution >= 4 is 16.5 Å². The summed E-state index contributed by atoms with van der Waals surface area (Å²) in [4.78, 5) is 15.4. The van der Waals surface area contributed by atoms with Crippen LogP contribution in [0.2, 0.25) is 0 Å². The highest BCUT2D eigenvalue weighted by molar-refractivity contribution is 7.46. The van der Waals surface area contributed by atoms with Crippen molar-refractivity contribution in [3.8, 4) is 0 Å². The standard InChI is InChI=1S/C5H12O.2H3N.H4O5P2/c1-2-3-4-5-6;;;1-6(2)5-7(3)4/h6H,2-5H2,1H3;2*1H3;6-7H,(H,1,2)(H,3,4). The van der Waals surface area contributed by atoms with E-state index in [0.717, 1.165) is 12.8 Å². The van der Waals surface area contributed by atoms with E-state index in [9.17, 15) is 9.13 Å². The van der Waals surface area contributed by atoms with Gasteiger partial charge in [-0.05, 0) is 6.42 Å². The lowest BCUT2D eigenvalue weighted by Crippen LogP contribution is -1.78. The first-order valence-electron chi connectivity index (χ1n) is 3.79. The summed E-state index contributed by atoms with van der Waals surface area (Å²) in [5.74, 6) is 0. The lowest BCUT2D eigenvalue weighted by Gasteiger charge is -1.86. The highest BCUT2D eigenvalue weighted by Crippen LogP contribution is 2.30. The molecule has 0 aromatic rings. The number of hydrogen-bond acceptors (Lipinski definition) is 6. The third-order valence-electron chi connectivity index (χ3n) is 0.936. The molecule has 2 atom stereocenters. The molecular formula is C5H22N2O6P2. The van der Waals surface area contributed by atoms with E-state index < -0.39 is 16.5 Å². The molecule has 0 saturated heterocycles. The van der Waals surface area contributed by atoms with Gasteiger partial charge in [0.15, 0.2) is 0 Å². The molecule has 0 saturated carbocycles. The van der Waals surface area contributed by atoms with Gasteiger partial charge in [-0.1, -0.05) is 19.8 Å². The fraction of sp³-hybridized carbons (Fsp3) is 1.00. The van der Waals surface area contributed by atoms with Crippen molar-refractivity contribution in [2.75, 3.05) is 6.61 Å². The van der Waals surface area contributed by atoms with Gasteiger partial charge in [-0.15, -0.1) is 0 Å². The van der Waals surface area contributed by atoms with Gasteiger partial charge in [0.25, 0.3) is 0 Å². The van der Waals surface area contributed by atoms with Crippen LogP contribution >= 0.6 is 16.5 Å². The van der Waals surface area contributed by atoms with Crippen LogP contribution in [0.25, 0.3) is 0 Å². The van der Waals surface area contributed by atoms with Crippen molar-refractivity contribution < 1.29 is 28.3 Å². The van der Waals surface area contributed by atoms with Crippen LogP contribution in [0.1, 0.15) is 26.2 Å². The quantitative estimate of drug-likeness (QED) is 0.365. The van der Waals surface area contributed by atoms with Gasteiger partial charge in [-0.25, -0.2) is 4.31 Å². The fourth-order valence-corrected chi connectivity index (χ4v) is 1.03. The minimum Gasteiger partial charge on any atom is -0.396 e. The molecular weight excluding hydrogens is 246 g/mol. The molecule has 98 valence electrons. The highest BCUT2D eigenvalue weighted by Gasteiger charge is 1.93. The Morgan fingerprint density at radius 2 is 1.47 bits per heavy atom. The van der Waals surface area contributed by atoms with Crippen LogP contribution in [-0.4, -0.2) is 21.5 Å². The van der Waals surface area contributed by atoms with Crippen LogP contribution in [0.3, 0.4) is 0 Å². The molecule has 10 heteroatoms. The predicted octanol–water partition coefficient (Wildman–Crippen LogP) is 1.26. The first kappa shape index (κ1) is 24.4. The van der Waals surface area contributed by atoms with Crippen molar-refractivity contribution in [3.63, 3.8) is 0 Å². The molecule has 0 aliphatic heterocycles. The molecule has 0 aliphatic carbocycles. The SMILES string of the molecule is CCCCCO.N.N.O=[PH](O)O[PH](=O)O. The molecule has 9 N–H and O–H groups in total. The van der Waals surface area contributed by atoms with E-state index in [1.807, 2.05) is 0 Å². The van der Waals surface area contributed by atoms with E-state index in [1.165, 1.54) is 6.42 Å². The van der Waals surface area contributed by atoms with Gasteiger partial charge in [-0.2, -0.15) is 0 Å². The van der Waals surface area contributed by atoms with Gasteiger partial charge >= 0.3 is 16.5 Å². The Morgan fingerprint density at radius 1 is 1.07 bits per heavy atom. The first-order valence-corrected chi connectivity index (χ1v) is 6.31. The van der Waals surface area contributed by atoms with Gasteiger partial charge in [-0.3, -0.25) is 9.13 Å². The summed E-state index contributed by atoms with van der Waals surface area (Å²) in [6.07, 6.45) is 3.33. The highest BCUT2D eigenvalue weighted by atomic mass is 31.2. The molecule has 15 heavy (non-hydrogen) atoms. The van der Waals surface area contributed by atoms with Crippen molar-refractivity contribution in [1.29, 1.82) is 0 Å². The summed E-state index contributed by atoms with van der Waals surface area (Å²) in [5.41, 5.74) is 0. The van der Waals surface area contributed by atoms with Crippen LogP contribution in [0.4, 0.5) is 0 Å². The molecule has 0 aliphatic rings. The van der Waals surface area contributed by atoms with Crippen LogP contribution in [0, 0.1) is 0 Å². The van der Waals surface area contributed by atoms with Crippen molar-refractivity contribution in [2.24, 2.45) is 0 Å². The summed E-state index contributed by atoms with van der Waals surface area (Å²) < 4.78 is 22.3. The largest absolute Gasteiger partial charge is 0.396 e. The lowest BCUT2D eigenvalue weighted by atomic mass is 10.3. The Bertz CT molecular complexity index is 142. The normalized spacial score (nSPS) is 12.3. The zero-order chi connectivity index (χ0) is 10.7. The Morgan fingerprint density at radius 3 is 1.53 bits per heavy atom. The van der Waals surface area contributed by atoms with E-state index in [-0.39, 0.29) is 12.3 Å².